The van der Waals surface area contributed by atoms with E-state index in [-0.39, 0.29) is 5.82 Å². The van der Waals surface area contributed by atoms with Crippen LogP contribution >= 0.6 is 0 Å². The van der Waals surface area contributed by atoms with Gasteiger partial charge < -0.3 is 15.3 Å². The Hall–Kier alpha value is -1.13. The van der Waals surface area contributed by atoms with Gasteiger partial charge in [0.05, 0.1) is 5.60 Å². The number of benzene rings is 1. The summed E-state index contributed by atoms with van der Waals surface area (Å²) >= 11 is 0. The monoisotopic (exact) mass is 294 g/mol. The molecule has 0 saturated heterocycles. The van der Waals surface area contributed by atoms with Gasteiger partial charge in [-0.3, -0.25) is 0 Å². The van der Waals surface area contributed by atoms with E-state index in [9.17, 15) is 9.50 Å². The van der Waals surface area contributed by atoms with E-state index >= 15 is 0 Å². The second-order valence-corrected chi connectivity index (χ2v) is 6.24. The van der Waals surface area contributed by atoms with Crippen molar-refractivity contribution in [1.29, 1.82) is 0 Å². The maximum absolute atomic E-state index is 13.5. The van der Waals surface area contributed by atoms with Gasteiger partial charge in [0.25, 0.3) is 0 Å². The summed E-state index contributed by atoms with van der Waals surface area (Å²) in [4.78, 5) is 2.06. The number of hydrogen-bond donors (Lipinski definition) is 2. The quantitative estimate of drug-likeness (QED) is 0.759. The lowest BCUT2D eigenvalue weighted by atomic mass is 10.0. The highest BCUT2D eigenvalue weighted by atomic mass is 19.1. The normalized spacial score (nSPS) is 17.1. The van der Waals surface area contributed by atoms with Crippen LogP contribution in [0, 0.1) is 5.82 Å². The summed E-state index contributed by atoms with van der Waals surface area (Å²) in [5.41, 5.74) is 1.37. The summed E-state index contributed by atoms with van der Waals surface area (Å²) in [6.45, 7) is 4.30. The minimum atomic E-state index is -0.586. The molecule has 0 radical (unpaired) electrons. The number of aliphatic hydroxyl groups is 1. The van der Waals surface area contributed by atoms with E-state index in [2.05, 4.69) is 17.1 Å². The minimum absolute atomic E-state index is 0.208. The number of nitrogens with zero attached hydrogens (tertiary/aromatic N) is 1. The zero-order chi connectivity index (χ0) is 15.3. The molecule has 3 nitrogen and oxygen atoms in total. The lowest BCUT2D eigenvalue weighted by Crippen LogP contribution is -2.39. The number of anilines is 1. The molecular formula is C17H27FN2O. The Balaban J connectivity index is 2.09. The first-order chi connectivity index (χ1) is 10.0. The first-order valence-electron chi connectivity index (χ1n) is 7.97. The second-order valence-electron chi connectivity index (χ2n) is 6.24. The van der Waals surface area contributed by atoms with Crippen molar-refractivity contribution in [2.45, 2.75) is 51.2 Å². The molecule has 1 aromatic carbocycles. The van der Waals surface area contributed by atoms with Gasteiger partial charge >= 0.3 is 0 Å². The second kappa shape index (κ2) is 7.23. The van der Waals surface area contributed by atoms with Gasteiger partial charge in [0, 0.05) is 25.8 Å². The molecule has 0 bridgehead atoms. The zero-order valence-corrected chi connectivity index (χ0v) is 13.2. The van der Waals surface area contributed by atoms with Gasteiger partial charge in [-0.15, -0.1) is 0 Å². The molecule has 1 saturated carbocycles. The predicted octanol–water partition coefficient (Wildman–Crippen LogP) is 3.07. The third-order valence-electron chi connectivity index (χ3n) is 4.26. The van der Waals surface area contributed by atoms with Crippen LogP contribution in [-0.2, 0) is 6.54 Å². The molecule has 1 aromatic rings. The van der Waals surface area contributed by atoms with Crippen molar-refractivity contribution < 1.29 is 9.50 Å². The van der Waals surface area contributed by atoms with E-state index < -0.39 is 5.60 Å². The maximum Gasteiger partial charge on any atom is 0.123 e. The number of rotatable bonds is 7. The summed E-state index contributed by atoms with van der Waals surface area (Å²) in [6, 6.07) is 4.90. The Morgan fingerprint density at radius 1 is 1.33 bits per heavy atom. The molecule has 0 aliphatic heterocycles. The largest absolute Gasteiger partial charge is 0.388 e. The van der Waals surface area contributed by atoms with E-state index in [1.54, 1.807) is 6.07 Å². The molecule has 0 unspecified atom stereocenters. The molecule has 1 aliphatic carbocycles. The minimum Gasteiger partial charge on any atom is -0.388 e. The highest BCUT2D eigenvalue weighted by molar-refractivity contribution is 5.53. The number of hydrogen-bond acceptors (Lipinski definition) is 3. The first-order valence-corrected chi connectivity index (χ1v) is 7.97. The molecule has 1 fully saturated rings. The van der Waals surface area contributed by atoms with Crippen molar-refractivity contribution in [2.24, 2.45) is 0 Å². The molecule has 21 heavy (non-hydrogen) atoms. The number of nitrogens with one attached hydrogen (secondary N) is 1. The van der Waals surface area contributed by atoms with Gasteiger partial charge in [0.1, 0.15) is 5.82 Å². The molecule has 0 aromatic heterocycles. The zero-order valence-electron chi connectivity index (χ0n) is 13.2. The molecule has 1 aliphatic rings. The van der Waals surface area contributed by atoms with Crippen LogP contribution in [0.25, 0.3) is 0 Å². The van der Waals surface area contributed by atoms with Gasteiger partial charge in [-0.1, -0.05) is 19.8 Å². The van der Waals surface area contributed by atoms with Crippen LogP contribution in [0.2, 0.25) is 0 Å². The molecule has 0 amide bonds. The maximum atomic E-state index is 13.5. The molecule has 2 rings (SSSR count). The lowest BCUT2D eigenvalue weighted by molar-refractivity contribution is 0.0559. The third kappa shape index (κ3) is 4.42. The highest BCUT2D eigenvalue weighted by Crippen LogP contribution is 2.32. The van der Waals surface area contributed by atoms with Gasteiger partial charge in [0.15, 0.2) is 0 Å². The Labute approximate surface area is 127 Å². The van der Waals surface area contributed by atoms with E-state index in [1.807, 2.05) is 13.1 Å². The number of halogens is 1. The van der Waals surface area contributed by atoms with Crippen LogP contribution in [0.4, 0.5) is 10.1 Å². The summed E-state index contributed by atoms with van der Waals surface area (Å²) in [5, 5.41) is 13.9. The summed E-state index contributed by atoms with van der Waals surface area (Å²) in [7, 11) is 1.98. The van der Waals surface area contributed by atoms with Crippen LogP contribution in [0.5, 0.6) is 0 Å². The fraction of sp³-hybridized carbons (Fsp3) is 0.647. The number of likely N-dealkylation sites (N-methyl/N-ethyl adjacent to an activating group) is 1. The van der Waals surface area contributed by atoms with E-state index in [0.717, 1.165) is 49.9 Å². The van der Waals surface area contributed by atoms with Crippen LogP contribution < -0.4 is 10.2 Å². The molecule has 0 atom stereocenters. The summed E-state index contributed by atoms with van der Waals surface area (Å²) < 4.78 is 13.5. The van der Waals surface area contributed by atoms with Gasteiger partial charge in [-0.25, -0.2) is 4.39 Å². The molecular weight excluding hydrogens is 267 g/mol. The van der Waals surface area contributed by atoms with E-state index in [0.29, 0.717) is 13.1 Å². The Kier molecular flexibility index (Phi) is 5.59. The molecule has 118 valence electrons. The first kappa shape index (κ1) is 16.2. The standard InChI is InChI=1S/C17H27FN2O/c1-3-10-19-12-14-11-15(18)6-7-16(14)20(2)13-17(21)8-4-5-9-17/h6-7,11,19,21H,3-5,8-10,12-13H2,1-2H3. The Bertz CT molecular complexity index is 458. The van der Waals surface area contributed by atoms with Crippen molar-refractivity contribution >= 4 is 5.69 Å². The Morgan fingerprint density at radius 3 is 2.71 bits per heavy atom. The highest BCUT2D eigenvalue weighted by Gasteiger charge is 2.32. The van der Waals surface area contributed by atoms with Gasteiger partial charge in [-0.05, 0) is 49.6 Å². The van der Waals surface area contributed by atoms with Crippen LogP contribution in [0.1, 0.15) is 44.6 Å². The van der Waals surface area contributed by atoms with E-state index in [4.69, 9.17) is 0 Å². The van der Waals surface area contributed by atoms with E-state index in [1.165, 1.54) is 6.07 Å². The van der Waals surface area contributed by atoms with Crippen molar-refractivity contribution in [2.75, 3.05) is 25.0 Å². The van der Waals surface area contributed by atoms with Crippen molar-refractivity contribution in [3.63, 3.8) is 0 Å². The average Bonchev–Trinajstić information content (AvgIpc) is 2.85. The molecule has 4 heteroatoms. The fourth-order valence-electron chi connectivity index (χ4n) is 3.19. The van der Waals surface area contributed by atoms with Gasteiger partial charge in [-0.2, -0.15) is 0 Å². The van der Waals surface area contributed by atoms with Crippen LogP contribution in [0.15, 0.2) is 18.2 Å². The van der Waals surface area contributed by atoms with Crippen molar-refractivity contribution in [3.05, 3.63) is 29.6 Å². The van der Waals surface area contributed by atoms with Gasteiger partial charge in [0.2, 0.25) is 0 Å². The van der Waals surface area contributed by atoms with Crippen molar-refractivity contribution in [1.82, 2.24) is 5.32 Å². The molecule has 0 heterocycles. The predicted molar refractivity (Wildman–Crippen MR) is 85.1 cm³/mol. The average molecular weight is 294 g/mol. The third-order valence-corrected chi connectivity index (χ3v) is 4.26. The fourth-order valence-corrected chi connectivity index (χ4v) is 3.19. The smallest absolute Gasteiger partial charge is 0.123 e. The topological polar surface area (TPSA) is 35.5 Å². The van der Waals surface area contributed by atoms with Crippen LogP contribution in [0.3, 0.4) is 0 Å². The van der Waals surface area contributed by atoms with Crippen LogP contribution in [-0.4, -0.2) is 30.8 Å². The molecule has 2 N–H and O–H groups in total. The molecule has 0 spiro atoms. The summed E-state index contributed by atoms with van der Waals surface area (Å²) in [6.07, 6.45) is 4.97. The Morgan fingerprint density at radius 2 is 2.05 bits per heavy atom. The lowest BCUT2D eigenvalue weighted by Gasteiger charge is -2.31. The van der Waals surface area contributed by atoms with Crippen molar-refractivity contribution in [3.8, 4) is 0 Å². The summed E-state index contributed by atoms with van der Waals surface area (Å²) in [5.74, 6) is -0.208. The SMILES string of the molecule is CCCNCc1cc(F)ccc1N(C)CC1(O)CCCC1.